The highest BCUT2D eigenvalue weighted by atomic mass is 79.9. The van der Waals surface area contributed by atoms with Crippen molar-refractivity contribution < 1.29 is 4.92 Å². The zero-order valence-corrected chi connectivity index (χ0v) is 8.25. The fourth-order valence-electron chi connectivity index (χ4n) is 0.876. The van der Waals surface area contributed by atoms with Crippen LogP contribution in [-0.4, -0.2) is 9.91 Å². The van der Waals surface area contributed by atoms with Gasteiger partial charge in [-0.3, -0.25) is 15.1 Å². The normalized spacial score (nSPS) is 9.92. The van der Waals surface area contributed by atoms with Gasteiger partial charge in [0, 0.05) is 10.5 Å². The first-order valence-electron chi connectivity index (χ1n) is 3.30. The van der Waals surface area contributed by atoms with Gasteiger partial charge in [-0.15, -0.1) is 0 Å². The van der Waals surface area contributed by atoms with Crippen LogP contribution >= 0.6 is 15.9 Å². The lowest BCUT2D eigenvalue weighted by Crippen LogP contribution is -1.96. The molecule has 0 radical (unpaired) electrons. The Morgan fingerprint density at radius 3 is 2.58 bits per heavy atom. The second kappa shape index (κ2) is 3.18. The fourth-order valence-corrected chi connectivity index (χ4v) is 1.18. The number of nitro groups is 1. The van der Waals surface area contributed by atoms with Crippen molar-refractivity contribution in [1.29, 1.82) is 0 Å². The summed E-state index contributed by atoms with van der Waals surface area (Å²) in [6.45, 7) is 3.42. The minimum atomic E-state index is -0.438. The first kappa shape index (κ1) is 9.12. The van der Waals surface area contributed by atoms with Crippen LogP contribution in [0.3, 0.4) is 0 Å². The summed E-state index contributed by atoms with van der Waals surface area (Å²) in [5, 5.41) is 10.4. The summed E-state index contributed by atoms with van der Waals surface area (Å²) in [4.78, 5) is 14.0. The summed E-state index contributed by atoms with van der Waals surface area (Å²) in [6.07, 6.45) is 0. The molecule has 1 aromatic rings. The summed E-state index contributed by atoms with van der Waals surface area (Å²) < 4.78 is 0.666. The average Bonchev–Trinajstić information content (AvgIpc) is 1.96. The summed E-state index contributed by atoms with van der Waals surface area (Å²) in [5.41, 5.74) is 1.26. The molecule has 1 aromatic heterocycles. The summed E-state index contributed by atoms with van der Waals surface area (Å²) in [5.74, 6) is 0. The van der Waals surface area contributed by atoms with E-state index < -0.39 is 4.92 Å². The van der Waals surface area contributed by atoms with Crippen molar-refractivity contribution in [2.24, 2.45) is 0 Å². The molecule has 0 aliphatic rings. The molecule has 4 nitrogen and oxygen atoms in total. The Bertz CT molecular complexity index is 338. The van der Waals surface area contributed by atoms with Crippen LogP contribution in [0.4, 0.5) is 5.69 Å². The van der Waals surface area contributed by atoms with Crippen LogP contribution in [0.5, 0.6) is 0 Å². The number of rotatable bonds is 1. The molecule has 1 heterocycles. The Labute approximate surface area is 77.9 Å². The van der Waals surface area contributed by atoms with Gasteiger partial charge in [-0.05, 0) is 29.8 Å². The van der Waals surface area contributed by atoms with Crippen LogP contribution in [0, 0.1) is 24.0 Å². The highest BCUT2D eigenvalue weighted by Crippen LogP contribution is 2.23. The molecule has 0 fully saturated rings. The van der Waals surface area contributed by atoms with Crippen molar-refractivity contribution in [2.45, 2.75) is 13.8 Å². The zero-order chi connectivity index (χ0) is 9.30. The third-order valence-electron chi connectivity index (χ3n) is 1.51. The molecule has 0 aliphatic carbocycles. The molecule has 0 atom stereocenters. The number of hydrogen-bond acceptors (Lipinski definition) is 3. The van der Waals surface area contributed by atoms with Gasteiger partial charge in [-0.2, -0.15) is 0 Å². The lowest BCUT2D eigenvalue weighted by molar-refractivity contribution is -0.385. The molecule has 0 spiro atoms. The molecule has 0 aliphatic heterocycles. The van der Waals surface area contributed by atoms with Gasteiger partial charge in [0.15, 0.2) is 0 Å². The SMILES string of the molecule is Cc1nc(C)c([N+](=O)[O-])cc1Br. The van der Waals surface area contributed by atoms with E-state index in [1.165, 1.54) is 6.07 Å². The molecule has 0 saturated heterocycles. The Kier molecular flexibility index (Phi) is 2.42. The van der Waals surface area contributed by atoms with Crippen LogP contribution in [0.25, 0.3) is 0 Å². The quantitative estimate of drug-likeness (QED) is 0.550. The van der Waals surface area contributed by atoms with Crippen molar-refractivity contribution in [2.75, 3.05) is 0 Å². The van der Waals surface area contributed by atoms with Crippen LogP contribution in [-0.2, 0) is 0 Å². The number of hydrogen-bond donors (Lipinski definition) is 0. The smallest absolute Gasteiger partial charge is 0.258 e. The molecule has 64 valence electrons. The summed E-state index contributed by atoms with van der Waals surface area (Å²) >= 11 is 3.18. The van der Waals surface area contributed by atoms with E-state index in [1.54, 1.807) is 13.8 Å². The molecule has 0 amide bonds. The van der Waals surface area contributed by atoms with Crippen LogP contribution in [0.1, 0.15) is 11.4 Å². The topological polar surface area (TPSA) is 56.0 Å². The van der Waals surface area contributed by atoms with Gasteiger partial charge in [0.25, 0.3) is 5.69 Å². The van der Waals surface area contributed by atoms with Crippen molar-refractivity contribution in [3.05, 3.63) is 32.0 Å². The maximum Gasteiger partial charge on any atom is 0.291 e. The molecule has 12 heavy (non-hydrogen) atoms. The van der Waals surface area contributed by atoms with Gasteiger partial charge >= 0.3 is 0 Å². The Hall–Kier alpha value is -0.970. The zero-order valence-electron chi connectivity index (χ0n) is 6.67. The third-order valence-corrected chi connectivity index (χ3v) is 2.31. The van der Waals surface area contributed by atoms with Gasteiger partial charge in [0.05, 0.1) is 10.6 Å². The number of pyridine rings is 1. The van der Waals surface area contributed by atoms with E-state index in [4.69, 9.17) is 0 Å². The Morgan fingerprint density at radius 1 is 1.50 bits per heavy atom. The van der Waals surface area contributed by atoms with Crippen LogP contribution in [0.2, 0.25) is 0 Å². The largest absolute Gasteiger partial charge is 0.291 e. The molecule has 0 aromatic carbocycles. The van der Waals surface area contributed by atoms with E-state index in [9.17, 15) is 10.1 Å². The van der Waals surface area contributed by atoms with E-state index in [2.05, 4.69) is 20.9 Å². The minimum absolute atomic E-state index is 0.0486. The predicted molar refractivity (Wildman–Crippen MR) is 48.1 cm³/mol. The Morgan fingerprint density at radius 2 is 2.08 bits per heavy atom. The summed E-state index contributed by atoms with van der Waals surface area (Å²) in [7, 11) is 0. The van der Waals surface area contributed by atoms with Gasteiger partial charge in [0.2, 0.25) is 0 Å². The molecule has 5 heteroatoms. The molecule has 0 bridgehead atoms. The molecule has 0 unspecified atom stereocenters. The van der Waals surface area contributed by atoms with E-state index >= 15 is 0 Å². The molecule has 1 rings (SSSR count). The number of halogens is 1. The average molecular weight is 231 g/mol. The van der Waals surface area contributed by atoms with E-state index in [1.807, 2.05) is 0 Å². The van der Waals surface area contributed by atoms with Crippen LogP contribution in [0.15, 0.2) is 10.5 Å². The van der Waals surface area contributed by atoms with Gasteiger partial charge in [-0.25, -0.2) is 0 Å². The van der Waals surface area contributed by atoms with E-state index in [-0.39, 0.29) is 5.69 Å². The standard InChI is InChI=1S/C7H7BrN2O2/c1-4-6(8)3-7(10(11)12)5(2)9-4/h3H,1-2H3. The maximum atomic E-state index is 10.4. The van der Waals surface area contributed by atoms with E-state index in [0.717, 1.165) is 5.69 Å². The van der Waals surface area contributed by atoms with E-state index in [0.29, 0.717) is 10.2 Å². The first-order valence-corrected chi connectivity index (χ1v) is 4.10. The highest BCUT2D eigenvalue weighted by Gasteiger charge is 2.13. The highest BCUT2D eigenvalue weighted by molar-refractivity contribution is 9.10. The number of aromatic nitrogens is 1. The lowest BCUT2D eigenvalue weighted by Gasteiger charge is -1.99. The monoisotopic (exact) mass is 230 g/mol. The van der Waals surface area contributed by atoms with Gasteiger partial charge < -0.3 is 0 Å². The first-order chi connectivity index (χ1) is 5.52. The lowest BCUT2D eigenvalue weighted by atomic mass is 10.3. The Balaban J connectivity index is 3.33. The van der Waals surface area contributed by atoms with Crippen molar-refractivity contribution in [1.82, 2.24) is 4.98 Å². The van der Waals surface area contributed by atoms with Crippen LogP contribution < -0.4 is 0 Å². The second-order valence-corrected chi connectivity index (χ2v) is 3.27. The van der Waals surface area contributed by atoms with Gasteiger partial charge in [-0.1, -0.05) is 0 Å². The van der Waals surface area contributed by atoms with Crippen molar-refractivity contribution in [3.8, 4) is 0 Å². The van der Waals surface area contributed by atoms with Gasteiger partial charge in [0.1, 0.15) is 5.69 Å². The molecular formula is C7H7BrN2O2. The molecule has 0 N–H and O–H groups in total. The summed E-state index contributed by atoms with van der Waals surface area (Å²) in [6, 6.07) is 1.47. The molecule has 0 saturated carbocycles. The second-order valence-electron chi connectivity index (χ2n) is 2.42. The van der Waals surface area contributed by atoms with Crippen molar-refractivity contribution >= 4 is 21.6 Å². The van der Waals surface area contributed by atoms with Crippen molar-refractivity contribution in [3.63, 3.8) is 0 Å². The maximum absolute atomic E-state index is 10.4. The minimum Gasteiger partial charge on any atom is -0.258 e. The number of aryl methyl sites for hydroxylation is 2. The predicted octanol–water partition coefficient (Wildman–Crippen LogP) is 2.37. The number of nitrogens with zero attached hydrogens (tertiary/aromatic N) is 2. The fraction of sp³-hybridized carbons (Fsp3) is 0.286. The third kappa shape index (κ3) is 1.61. The molecular weight excluding hydrogens is 224 g/mol.